The van der Waals surface area contributed by atoms with Gasteiger partial charge in [0.05, 0.1) is 5.75 Å². The number of rotatable bonds is 5. The van der Waals surface area contributed by atoms with Crippen molar-refractivity contribution >= 4 is 21.4 Å². The third-order valence-corrected chi connectivity index (χ3v) is 4.18. The van der Waals surface area contributed by atoms with Crippen molar-refractivity contribution in [2.24, 2.45) is 0 Å². The first-order valence-electron chi connectivity index (χ1n) is 6.24. The summed E-state index contributed by atoms with van der Waals surface area (Å²) in [4.78, 5) is 11.7. The standard InChI is InChI=1S/C15H14FNO3S/c16-13-8-6-12(7-9-13)10-21(19,20)11-15(18)17-14-4-2-1-3-5-14/h1-9H,10-11H2,(H,17,18). The average Bonchev–Trinajstić information content (AvgIpc) is 2.41. The SMILES string of the molecule is O=C(CS(=O)(=O)Cc1ccc(F)cc1)Nc1ccccc1. The third kappa shape index (κ3) is 5.00. The highest BCUT2D eigenvalue weighted by atomic mass is 32.2. The fourth-order valence-corrected chi connectivity index (χ4v) is 3.08. The van der Waals surface area contributed by atoms with Gasteiger partial charge in [-0.25, -0.2) is 12.8 Å². The van der Waals surface area contributed by atoms with E-state index in [0.29, 0.717) is 11.3 Å². The zero-order valence-electron chi connectivity index (χ0n) is 11.1. The van der Waals surface area contributed by atoms with Crippen molar-refractivity contribution in [2.45, 2.75) is 5.75 Å². The summed E-state index contributed by atoms with van der Waals surface area (Å²) in [6.07, 6.45) is 0. The molecule has 1 N–H and O–H groups in total. The van der Waals surface area contributed by atoms with Gasteiger partial charge in [-0.3, -0.25) is 4.79 Å². The Hall–Kier alpha value is -2.21. The van der Waals surface area contributed by atoms with Gasteiger partial charge in [-0.1, -0.05) is 30.3 Å². The first kappa shape index (κ1) is 15.2. The Kier molecular flexibility index (Phi) is 4.70. The molecular weight excluding hydrogens is 293 g/mol. The smallest absolute Gasteiger partial charge is 0.239 e. The Balaban J connectivity index is 1.97. The second-order valence-corrected chi connectivity index (χ2v) is 6.64. The van der Waals surface area contributed by atoms with E-state index in [4.69, 9.17) is 0 Å². The van der Waals surface area contributed by atoms with Crippen LogP contribution in [0.2, 0.25) is 0 Å². The van der Waals surface area contributed by atoms with E-state index in [1.807, 2.05) is 0 Å². The molecule has 2 aromatic rings. The summed E-state index contributed by atoms with van der Waals surface area (Å²) in [6.45, 7) is 0. The molecule has 6 heteroatoms. The number of nitrogens with one attached hydrogen (secondary N) is 1. The predicted octanol–water partition coefficient (Wildman–Crippen LogP) is 2.38. The van der Waals surface area contributed by atoms with Crippen LogP contribution >= 0.6 is 0 Å². The van der Waals surface area contributed by atoms with E-state index in [1.165, 1.54) is 24.3 Å². The van der Waals surface area contributed by atoms with Crippen molar-refractivity contribution in [1.82, 2.24) is 0 Å². The summed E-state index contributed by atoms with van der Waals surface area (Å²) in [5.74, 6) is -1.93. The van der Waals surface area contributed by atoms with Gasteiger partial charge in [-0.05, 0) is 29.8 Å². The van der Waals surface area contributed by atoms with E-state index in [-0.39, 0.29) is 5.75 Å². The maximum atomic E-state index is 12.8. The molecule has 21 heavy (non-hydrogen) atoms. The quantitative estimate of drug-likeness (QED) is 0.922. The van der Waals surface area contributed by atoms with Gasteiger partial charge < -0.3 is 5.32 Å². The van der Waals surface area contributed by atoms with Gasteiger partial charge in [0, 0.05) is 5.69 Å². The van der Waals surface area contributed by atoms with Crippen LogP contribution in [0, 0.1) is 5.82 Å². The first-order valence-corrected chi connectivity index (χ1v) is 8.06. The Morgan fingerprint density at radius 2 is 1.62 bits per heavy atom. The fourth-order valence-electron chi connectivity index (χ4n) is 1.80. The number of halogens is 1. The Morgan fingerprint density at radius 3 is 2.24 bits per heavy atom. The minimum absolute atomic E-state index is 0.296. The van der Waals surface area contributed by atoms with Gasteiger partial charge in [-0.2, -0.15) is 0 Å². The average molecular weight is 307 g/mol. The number of carbonyl (C=O) groups excluding carboxylic acids is 1. The van der Waals surface area contributed by atoms with Gasteiger partial charge in [0.15, 0.2) is 9.84 Å². The molecule has 0 spiro atoms. The summed E-state index contributed by atoms with van der Waals surface area (Å²) in [5, 5.41) is 2.51. The zero-order chi connectivity index (χ0) is 15.3. The second-order valence-electron chi connectivity index (χ2n) is 4.57. The number of amides is 1. The minimum atomic E-state index is -3.60. The van der Waals surface area contributed by atoms with Gasteiger partial charge in [0.25, 0.3) is 0 Å². The molecule has 0 aromatic heterocycles. The van der Waals surface area contributed by atoms with Gasteiger partial charge in [-0.15, -0.1) is 0 Å². The Labute approximate surface area is 122 Å². The topological polar surface area (TPSA) is 63.2 Å². The van der Waals surface area contributed by atoms with Crippen LogP contribution < -0.4 is 5.32 Å². The maximum Gasteiger partial charge on any atom is 0.239 e. The molecule has 0 fully saturated rings. The lowest BCUT2D eigenvalue weighted by molar-refractivity contribution is -0.113. The third-order valence-electron chi connectivity index (χ3n) is 2.71. The number of para-hydroxylation sites is 1. The molecule has 0 heterocycles. The number of hydrogen-bond donors (Lipinski definition) is 1. The van der Waals surface area contributed by atoms with Crippen LogP contribution in [0.3, 0.4) is 0 Å². The molecule has 4 nitrogen and oxygen atoms in total. The molecule has 0 aliphatic carbocycles. The molecule has 0 aliphatic rings. The molecule has 1 amide bonds. The summed E-state index contributed by atoms with van der Waals surface area (Å²) < 4.78 is 36.6. The molecule has 0 aliphatic heterocycles. The molecule has 0 atom stereocenters. The van der Waals surface area contributed by atoms with E-state index in [2.05, 4.69) is 5.32 Å². The van der Waals surface area contributed by atoms with Crippen LogP contribution in [0.25, 0.3) is 0 Å². The van der Waals surface area contributed by atoms with E-state index >= 15 is 0 Å². The van der Waals surface area contributed by atoms with Crippen molar-refractivity contribution in [1.29, 1.82) is 0 Å². The lowest BCUT2D eigenvalue weighted by Gasteiger charge is -2.06. The van der Waals surface area contributed by atoms with Crippen molar-refractivity contribution < 1.29 is 17.6 Å². The van der Waals surface area contributed by atoms with Crippen LogP contribution in [-0.2, 0) is 20.4 Å². The molecule has 0 unspecified atom stereocenters. The molecule has 110 valence electrons. The molecule has 2 aromatic carbocycles. The van der Waals surface area contributed by atoms with Crippen LogP contribution in [0.5, 0.6) is 0 Å². The zero-order valence-corrected chi connectivity index (χ0v) is 11.9. The van der Waals surface area contributed by atoms with Gasteiger partial charge in [0.2, 0.25) is 5.91 Å². The van der Waals surface area contributed by atoms with Crippen molar-refractivity contribution in [3.05, 3.63) is 66.0 Å². The monoisotopic (exact) mass is 307 g/mol. The van der Waals surface area contributed by atoms with E-state index in [1.54, 1.807) is 30.3 Å². The molecular formula is C15H14FNO3S. The molecule has 0 saturated carbocycles. The summed E-state index contributed by atoms with van der Waals surface area (Å²) >= 11 is 0. The molecule has 0 radical (unpaired) electrons. The normalized spacial score (nSPS) is 11.1. The molecule has 2 rings (SSSR count). The van der Waals surface area contributed by atoms with E-state index in [9.17, 15) is 17.6 Å². The second kappa shape index (κ2) is 6.49. The summed E-state index contributed by atoms with van der Waals surface area (Å²) in [7, 11) is -3.60. The Bertz CT molecular complexity index is 712. The number of anilines is 1. The van der Waals surface area contributed by atoms with E-state index < -0.39 is 27.3 Å². The summed E-state index contributed by atoms with van der Waals surface area (Å²) in [6, 6.07) is 13.8. The van der Waals surface area contributed by atoms with Crippen molar-refractivity contribution in [2.75, 3.05) is 11.1 Å². The Morgan fingerprint density at radius 1 is 1.00 bits per heavy atom. The number of benzene rings is 2. The number of carbonyl (C=O) groups is 1. The number of sulfone groups is 1. The first-order chi connectivity index (χ1) is 9.94. The van der Waals surface area contributed by atoms with Crippen LogP contribution in [0.1, 0.15) is 5.56 Å². The highest BCUT2D eigenvalue weighted by Crippen LogP contribution is 2.10. The highest BCUT2D eigenvalue weighted by molar-refractivity contribution is 7.91. The lowest BCUT2D eigenvalue weighted by atomic mass is 10.2. The fraction of sp³-hybridized carbons (Fsp3) is 0.133. The van der Waals surface area contributed by atoms with Crippen molar-refractivity contribution in [3.8, 4) is 0 Å². The van der Waals surface area contributed by atoms with Crippen LogP contribution in [0.15, 0.2) is 54.6 Å². The maximum absolute atomic E-state index is 12.8. The van der Waals surface area contributed by atoms with Gasteiger partial charge >= 0.3 is 0 Å². The molecule has 0 saturated heterocycles. The van der Waals surface area contributed by atoms with Gasteiger partial charge in [0.1, 0.15) is 11.6 Å². The highest BCUT2D eigenvalue weighted by Gasteiger charge is 2.17. The number of hydrogen-bond acceptors (Lipinski definition) is 3. The lowest BCUT2D eigenvalue weighted by Crippen LogP contribution is -2.23. The molecule has 0 bridgehead atoms. The predicted molar refractivity (Wildman–Crippen MR) is 79.0 cm³/mol. The summed E-state index contributed by atoms with van der Waals surface area (Å²) in [5.41, 5.74) is 0.989. The van der Waals surface area contributed by atoms with E-state index in [0.717, 1.165) is 0 Å². The largest absolute Gasteiger partial charge is 0.325 e. The van der Waals surface area contributed by atoms with Crippen molar-refractivity contribution in [3.63, 3.8) is 0 Å². The van der Waals surface area contributed by atoms with Crippen LogP contribution in [0.4, 0.5) is 10.1 Å². The minimum Gasteiger partial charge on any atom is -0.325 e. The van der Waals surface area contributed by atoms with Crippen LogP contribution in [-0.4, -0.2) is 20.1 Å².